The van der Waals surface area contributed by atoms with Gasteiger partial charge in [-0.25, -0.2) is 0 Å². The van der Waals surface area contributed by atoms with Gasteiger partial charge in [-0.3, -0.25) is 0 Å². The van der Waals surface area contributed by atoms with E-state index < -0.39 is 0 Å². The molecule has 0 aliphatic rings. The zero-order valence-electron chi connectivity index (χ0n) is 18.6. The van der Waals surface area contributed by atoms with Gasteiger partial charge in [-0.1, -0.05) is 48.0 Å². The van der Waals surface area contributed by atoms with Gasteiger partial charge >= 0.3 is 0 Å². The molecule has 0 aliphatic carbocycles. The van der Waals surface area contributed by atoms with Gasteiger partial charge in [0.15, 0.2) is 0 Å². The number of anilines is 3. The van der Waals surface area contributed by atoms with Crippen molar-refractivity contribution >= 4 is 38.9 Å². The second-order valence-corrected chi connectivity index (χ2v) is 9.23. The lowest BCUT2D eigenvalue weighted by molar-refractivity contribution is 0.423. The Bertz CT molecular complexity index is 1320. The molecule has 1 heterocycles. The van der Waals surface area contributed by atoms with Crippen molar-refractivity contribution in [3.8, 4) is 0 Å². The highest BCUT2D eigenvalue weighted by Gasteiger charge is 2.22. The highest BCUT2D eigenvalue weighted by Crippen LogP contribution is 2.40. The first-order valence-corrected chi connectivity index (χ1v) is 10.9. The van der Waals surface area contributed by atoms with Gasteiger partial charge in [0.1, 0.15) is 0 Å². The number of hydrogen-bond acceptors (Lipinski definition) is 1. The van der Waals surface area contributed by atoms with Gasteiger partial charge in [0, 0.05) is 44.4 Å². The molecule has 31 heavy (non-hydrogen) atoms. The van der Waals surface area contributed by atoms with Crippen molar-refractivity contribution < 1.29 is 0 Å². The fourth-order valence-electron chi connectivity index (χ4n) is 4.59. The lowest BCUT2D eigenvalue weighted by atomic mass is 10.1. The maximum atomic E-state index is 2.47. The zero-order valence-corrected chi connectivity index (χ0v) is 18.6. The number of aryl methyl sites for hydroxylation is 1. The third-order valence-electron chi connectivity index (χ3n) is 5.86. The van der Waals surface area contributed by atoms with E-state index in [1.54, 1.807) is 0 Å². The van der Waals surface area contributed by atoms with E-state index in [0.29, 0.717) is 0 Å². The minimum Gasteiger partial charge on any atom is -0.335 e. The molecule has 0 saturated carbocycles. The molecule has 4 aromatic carbocycles. The average Bonchev–Trinajstić information content (AvgIpc) is 3.09. The molecule has 0 aliphatic heterocycles. The molecule has 0 saturated heterocycles. The fourth-order valence-corrected chi connectivity index (χ4v) is 4.59. The van der Waals surface area contributed by atoms with E-state index >= 15 is 0 Å². The molecule has 5 aromatic rings. The van der Waals surface area contributed by atoms with Gasteiger partial charge in [-0.05, 0) is 82.3 Å². The Kier molecular flexibility index (Phi) is 4.59. The fraction of sp³-hybridized carbons (Fsp3) is 0.172. The van der Waals surface area contributed by atoms with Crippen LogP contribution in [0.15, 0.2) is 97.1 Å². The van der Waals surface area contributed by atoms with Gasteiger partial charge in [0.25, 0.3) is 0 Å². The quantitative estimate of drug-likeness (QED) is 0.293. The monoisotopic (exact) mass is 404 g/mol. The molecule has 0 bridgehead atoms. The Labute approximate surface area is 184 Å². The maximum absolute atomic E-state index is 2.47. The van der Waals surface area contributed by atoms with E-state index in [1.807, 2.05) is 0 Å². The van der Waals surface area contributed by atoms with Crippen molar-refractivity contribution in [2.45, 2.75) is 33.2 Å². The molecular weight excluding hydrogens is 376 g/mol. The molecule has 0 radical (unpaired) electrons. The van der Waals surface area contributed by atoms with E-state index in [9.17, 15) is 0 Å². The lowest BCUT2D eigenvalue weighted by Gasteiger charge is -2.26. The van der Waals surface area contributed by atoms with Crippen molar-refractivity contribution in [3.63, 3.8) is 0 Å². The molecule has 2 heteroatoms. The molecule has 2 nitrogen and oxygen atoms in total. The topological polar surface area (TPSA) is 8.17 Å². The summed E-state index contributed by atoms with van der Waals surface area (Å²) in [5.74, 6) is 0. The van der Waals surface area contributed by atoms with Crippen LogP contribution in [0, 0.1) is 6.92 Å². The van der Waals surface area contributed by atoms with Gasteiger partial charge in [-0.15, -0.1) is 0 Å². The third-order valence-corrected chi connectivity index (χ3v) is 5.86. The van der Waals surface area contributed by atoms with Crippen LogP contribution in [0.1, 0.15) is 26.3 Å². The Morgan fingerprint density at radius 2 is 1.10 bits per heavy atom. The summed E-state index contributed by atoms with van der Waals surface area (Å²) in [7, 11) is 0. The standard InChI is InChI=1S/C29H28N2/c1-21-15-17-27-25(19-21)26-20-24(16-18-28(26)31(27)29(2,3)4)30(22-11-7-5-8-12-22)23-13-9-6-10-14-23/h5-20H,1-4H3. The summed E-state index contributed by atoms with van der Waals surface area (Å²) in [6, 6.07) is 34.9. The summed E-state index contributed by atoms with van der Waals surface area (Å²) in [5.41, 5.74) is 7.32. The lowest BCUT2D eigenvalue weighted by Crippen LogP contribution is -2.21. The summed E-state index contributed by atoms with van der Waals surface area (Å²) in [4.78, 5) is 2.33. The maximum Gasteiger partial charge on any atom is 0.0497 e. The minimum absolute atomic E-state index is 0.00464. The van der Waals surface area contributed by atoms with Crippen LogP contribution in [-0.2, 0) is 5.54 Å². The number of rotatable bonds is 3. The summed E-state index contributed by atoms with van der Waals surface area (Å²) in [5, 5.41) is 2.61. The second-order valence-electron chi connectivity index (χ2n) is 9.23. The first-order valence-electron chi connectivity index (χ1n) is 10.9. The number of hydrogen-bond donors (Lipinski definition) is 0. The van der Waals surface area contributed by atoms with Crippen molar-refractivity contribution in [1.29, 1.82) is 0 Å². The first-order chi connectivity index (χ1) is 14.9. The van der Waals surface area contributed by atoms with Crippen LogP contribution in [-0.4, -0.2) is 4.57 Å². The van der Waals surface area contributed by atoms with Crippen LogP contribution in [0.4, 0.5) is 17.1 Å². The van der Waals surface area contributed by atoms with E-state index in [0.717, 1.165) is 11.4 Å². The third kappa shape index (κ3) is 3.38. The SMILES string of the molecule is Cc1ccc2c(c1)c1cc(N(c3ccccc3)c3ccccc3)ccc1n2C(C)(C)C. The van der Waals surface area contributed by atoms with Gasteiger partial charge in [-0.2, -0.15) is 0 Å². The number of aromatic nitrogens is 1. The molecule has 1 aromatic heterocycles. The van der Waals surface area contributed by atoms with Crippen molar-refractivity contribution in [2.24, 2.45) is 0 Å². The number of benzene rings is 4. The smallest absolute Gasteiger partial charge is 0.0497 e. The van der Waals surface area contributed by atoms with E-state index in [-0.39, 0.29) is 5.54 Å². The molecule has 0 atom stereocenters. The Balaban J connectivity index is 1.81. The highest BCUT2D eigenvalue weighted by atomic mass is 15.1. The van der Waals surface area contributed by atoms with Crippen LogP contribution in [0.25, 0.3) is 21.8 Å². The predicted octanol–water partition coefficient (Wildman–Crippen LogP) is 8.33. The molecule has 0 unspecified atom stereocenters. The first kappa shape index (κ1) is 19.4. The molecule has 154 valence electrons. The normalized spacial score (nSPS) is 11.9. The van der Waals surface area contributed by atoms with Crippen LogP contribution in [0.2, 0.25) is 0 Å². The molecule has 0 fully saturated rings. The largest absolute Gasteiger partial charge is 0.335 e. The highest BCUT2D eigenvalue weighted by molar-refractivity contribution is 6.10. The second kappa shape index (κ2) is 7.31. The van der Waals surface area contributed by atoms with Gasteiger partial charge < -0.3 is 9.47 Å². The molecular formula is C29H28N2. The summed E-state index contributed by atoms with van der Waals surface area (Å²) in [6.07, 6.45) is 0. The summed E-state index contributed by atoms with van der Waals surface area (Å²) < 4.78 is 2.47. The number of para-hydroxylation sites is 2. The number of fused-ring (bicyclic) bond motifs is 3. The molecule has 0 spiro atoms. The average molecular weight is 405 g/mol. The van der Waals surface area contributed by atoms with E-state index in [1.165, 1.54) is 33.1 Å². The van der Waals surface area contributed by atoms with Crippen LogP contribution >= 0.6 is 0 Å². The molecule has 0 amide bonds. The zero-order chi connectivity index (χ0) is 21.6. The van der Waals surface area contributed by atoms with Crippen molar-refractivity contribution in [3.05, 3.63) is 103 Å². The summed E-state index contributed by atoms with van der Waals surface area (Å²) >= 11 is 0. The Morgan fingerprint density at radius 1 is 0.581 bits per heavy atom. The molecule has 5 rings (SSSR count). The van der Waals surface area contributed by atoms with E-state index in [2.05, 4.69) is 134 Å². The predicted molar refractivity (Wildman–Crippen MR) is 134 cm³/mol. The van der Waals surface area contributed by atoms with Crippen LogP contribution < -0.4 is 4.90 Å². The number of nitrogens with zero attached hydrogens (tertiary/aromatic N) is 2. The minimum atomic E-state index is -0.00464. The van der Waals surface area contributed by atoms with Gasteiger partial charge in [0.05, 0.1) is 0 Å². The van der Waals surface area contributed by atoms with Gasteiger partial charge in [0.2, 0.25) is 0 Å². The van der Waals surface area contributed by atoms with E-state index in [4.69, 9.17) is 0 Å². The van der Waals surface area contributed by atoms with Crippen LogP contribution in [0.3, 0.4) is 0 Å². The van der Waals surface area contributed by atoms with Crippen molar-refractivity contribution in [2.75, 3.05) is 4.90 Å². The van der Waals surface area contributed by atoms with Crippen LogP contribution in [0.5, 0.6) is 0 Å². The molecule has 0 N–H and O–H groups in total. The Morgan fingerprint density at radius 3 is 1.65 bits per heavy atom. The Hall–Kier alpha value is -3.52. The van der Waals surface area contributed by atoms with Crippen molar-refractivity contribution in [1.82, 2.24) is 4.57 Å². The summed E-state index contributed by atoms with van der Waals surface area (Å²) in [6.45, 7) is 9.00.